The maximum Gasteiger partial charge on any atom is 0.143 e. The van der Waals surface area contributed by atoms with E-state index in [4.69, 9.17) is 0 Å². The number of hydrogen-bond donors (Lipinski definition) is 0. The Morgan fingerprint density at radius 3 is 2.39 bits per heavy atom. The highest BCUT2D eigenvalue weighted by Crippen LogP contribution is 2.40. The van der Waals surface area contributed by atoms with Crippen LogP contribution in [0.5, 0.6) is 0 Å². The molecule has 3 atom stereocenters. The second kappa shape index (κ2) is 5.64. The van der Waals surface area contributed by atoms with E-state index in [1.165, 1.54) is 0 Å². The summed E-state index contributed by atoms with van der Waals surface area (Å²) in [5.41, 5.74) is 1.05. The summed E-state index contributed by atoms with van der Waals surface area (Å²) in [7, 11) is 0. The zero-order chi connectivity index (χ0) is 13.1. The molecule has 2 unspecified atom stereocenters. The molecule has 2 heteroatoms. The minimum Gasteiger partial charge on any atom is -0.299 e. The van der Waals surface area contributed by atoms with E-state index >= 15 is 0 Å². The Kier molecular flexibility index (Phi) is 4.15. The largest absolute Gasteiger partial charge is 0.299 e. The minimum absolute atomic E-state index is 0.00821. The van der Waals surface area contributed by atoms with Crippen LogP contribution in [0.1, 0.15) is 44.6 Å². The van der Waals surface area contributed by atoms with Crippen LogP contribution in [0.25, 0.3) is 0 Å². The Morgan fingerprint density at radius 2 is 1.89 bits per heavy atom. The summed E-state index contributed by atoms with van der Waals surface area (Å²) in [5, 5.41) is 0. The van der Waals surface area contributed by atoms with Gasteiger partial charge in [-0.15, -0.1) is 0 Å². The summed E-state index contributed by atoms with van der Waals surface area (Å²) in [5.74, 6) is 0.318. The summed E-state index contributed by atoms with van der Waals surface area (Å²) in [6.07, 6.45) is 1.26. The van der Waals surface area contributed by atoms with Crippen molar-refractivity contribution in [2.45, 2.75) is 45.2 Å². The molecule has 0 heterocycles. The van der Waals surface area contributed by atoms with E-state index in [1.807, 2.05) is 44.2 Å². The average Bonchev–Trinajstić information content (AvgIpc) is 2.77. The van der Waals surface area contributed by atoms with Crippen molar-refractivity contribution in [3.8, 4) is 0 Å². The smallest absolute Gasteiger partial charge is 0.143 e. The summed E-state index contributed by atoms with van der Waals surface area (Å²) in [4.78, 5) is 12.4. The molecule has 0 radical (unpaired) electrons. The third kappa shape index (κ3) is 2.80. The molecule has 0 amide bonds. The normalized spacial score (nSPS) is 25.3. The van der Waals surface area contributed by atoms with Crippen LogP contribution >= 0.6 is 0 Å². The van der Waals surface area contributed by atoms with E-state index in [0.717, 1.165) is 12.0 Å². The van der Waals surface area contributed by atoms with Crippen molar-refractivity contribution in [1.82, 2.24) is 0 Å². The van der Waals surface area contributed by atoms with Gasteiger partial charge in [0.2, 0.25) is 0 Å². The first kappa shape index (κ1) is 13.3. The van der Waals surface area contributed by atoms with Gasteiger partial charge in [-0.25, -0.2) is 4.39 Å². The lowest BCUT2D eigenvalue weighted by Crippen LogP contribution is -2.24. The number of alkyl halides is 1. The number of carbonyl (C=O) groups is 1. The predicted octanol–water partition coefficient (Wildman–Crippen LogP) is 4.13. The Bertz CT molecular complexity index is 399. The van der Waals surface area contributed by atoms with Crippen molar-refractivity contribution >= 4 is 5.78 Å². The third-order valence-electron chi connectivity index (χ3n) is 3.91. The third-order valence-corrected chi connectivity index (χ3v) is 3.91. The molecule has 2 rings (SSSR count). The zero-order valence-corrected chi connectivity index (χ0v) is 11.1. The van der Waals surface area contributed by atoms with Gasteiger partial charge in [-0.3, -0.25) is 4.79 Å². The second-order valence-corrected chi connectivity index (χ2v) is 5.62. The molecule has 18 heavy (non-hydrogen) atoms. The summed E-state index contributed by atoms with van der Waals surface area (Å²) < 4.78 is 13.4. The molecule has 1 aliphatic carbocycles. The Labute approximate surface area is 108 Å². The van der Waals surface area contributed by atoms with Crippen LogP contribution in [0.15, 0.2) is 30.3 Å². The van der Waals surface area contributed by atoms with Gasteiger partial charge in [0.05, 0.1) is 0 Å². The van der Waals surface area contributed by atoms with Gasteiger partial charge in [0.1, 0.15) is 12.0 Å². The van der Waals surface area contributed by atoms with Crippen molar-refractivity contribution < 1.29 is 9.18 Å². The number of rotatable bonds is 4. The molecular weight excluding hydrogens is 227 g/mol. The topological polar surface area (TPSA) is 17.1 Å². The number of halogens is 1. The summed E-state index contributed by atoms with van der Waals surface area (Å²) in [6, 6.07) is 9.86. The molecule has 0 N–H and O–H groups in total. The fourth-order valence-corrected chi connectivity index (χ4v) is 2.95. The lowest BCUT2D eigenvalue weighted by atomic mass is 9.78. The number of ketones is 1. The Morgan fingerprint density at radius 1 is 1.22 bits per heavy atom. The van der Waals surface area contributed by atoms with Crippen molar-refractivity contribution in [3.05, 3.63) is 35.9 Å². The van der Waals surface area contributed by atoms with Crippen molar-refractivity contribution in [1.29, 1.82) is 0 Å². The summed E-state index contributed by atoms with van der Waals surface area (Å²) >= 11 is 0. The van der Waals surface area contributed by atoms with E-state index in [9.17, 15) is 9.18 Å². The monoisotopic (exact) mass is 248 g/mol. The molecule has 1 fully saturated rings. The number of hydrogen-bond acceptors (Lipinski definition) is 1. The molecule has 0 aliphatic heterocycles. The van der Waals surface area contributed by atoms with Crippen LogP contribution in [0.4, 0.5) is 4.39 Å². The lowest BCUT2D eigenvalue weighted by Gasteiger charge is -2.24. The van der Waals surface area contributed by atoms with Crippen molar-refractivity contribution in [3.63, 3.8) is 0 Å². The quantitative estimate of drug-likeness (QED) is 0.783. The highest BCUT2D eigenvalue weighted by atomic mass is 19.1. The number of benzene rings is 1. The molecule has 98 valence electrons. The first-order valence-electron chi connectivity index (χ1n) is 6.82. The van der Waals surface area contributed by atoms with Crippen LogP contribution in [0, 0.1) is 11.8 Å². The van der Waals surface area contributed by atoms with Crippen LogP contribution in [-0.4, -0.2) is 12.0 Å². The van der Waals surface area contributed by atoms with Gasteiger partial charge in [-0.05, 0) is 30.7 Å². The standard InChI is InChI=1S/C16H21FO/c1-11(2)16(18)15(12-6-4-3-5-7-12)13-8-9-14(17)10-13/h3-7,11,13-15H,8-10H2,1-2H3/t13?,14-,15?/m0/s1. The van der Waals surface area contributed by atoms with Crippen LogP contribution in [0.3, 0.4) is 0 Å². The highest BCUT2D eigenvalue weighted by molar-refractivity contribution is 5.87. The molecule has 1 aromatic rings. The second-order valence-electron chi connectivity index (χ2n) is 5.62. The number of Topliss-reactive ketones (excluding diaryl/α,β-unsaturated/α-hetero) is 1. The van der Waals surface area contributed by atoms with Gasteiger partial charge < -0.3 is 0 Å². The molecular formula is C16H21FO. The fraction of sp³-hybridized carbons (Fsp3) is 0.562. The molecule has 1 aromatic carbocycles. The molecule has 0 aromatic heterocycles. The van der Waals surface area contributed by atoms with Gasteiger partial charge in [0.25, 0.3) is 0 Å². The highest BCUT2D eigenvalue weighted by Gasteiger charge is 2.36. The van der Waals surface area contributed by atoms with E-state index in [-0.39, 0.29) is 23.5 Å². The van der Waals surface area contributed by atoms with Gasteiger partial charge in [0, 0.05) is 11.8 Å². The Hall–Kier alpha value is -1.18. The van der Waals surface area contributed by atoms with E-state index in [0.29, 0.717) is 12.8 Å². The minimum atomic E-state index is -0.721. The van der Waals surface area contributed by atoms with Crippen LogP contribution in [-0.2, 0) is 4.79 Å². The van der Waals surface area contributed by atoms with Gasteiger partial charge >= 0.3 is 0 Å². The number of carbonyl (C=O) groups excluding carboxylic acids is 1. The maximum atomic E-state index is 13.4. The lowest BCUT2D eigenvalue weighted by molar-refractivity contribution is -0.124. The van der Waals surface area contributed by atoms with Crippen LogP contribution in [0.2, 0.25) is 0 Å². The summed E-state index contributed by atoms with van der Waals surface area (Å²) in [6.45, 7) is 3.86. The molecule has 1 saturated carbocycles. The van der Waals surface area contributed by atoms with E-state index in [2.05, 4.69) is 0 Å². The first-order chi connectivity index (χ1) is 8.59. The Balaban J connectivity index is 2.26. The van der Waals surface area contributed by atoms with Crippen molar-refractivity contribution in [2.24, 2.45) is 11.8 Å². The van der Waals surface area contributed by atoms with Gasteiger partial charge in [-0.1, -0.05) is 44.2 Å². The molecule has 0 saturated heterocycles. The van der Waals surface area contributed by atoms with E-state index in [1.54, 1.807) is 0 Å². The first-order valence-corrected chi connectivity index (χ1v) is 6.82. The van der Waals surface area contributed by atoms with Crippen LogP contribution < -0.4 is 0 Å². The zero-order valence-electron chi connectivity index (χ0n) is 11.1. The molecule has 1 aliphatic rings. The molecule has 0 spiro atoms. The molecule has 1 nitrogen and oxygen atoms in total. The van der Waals surface area contributed by atoms with Gasteiger partial charge in [-0.2, -0.15) is 0 Å². The predicted molar refractivity (Wildman–Crippen MR) is 71.3 cm³/mol. The fourth-order valence-electron chi connectivity index (χ4n) is 2.95. The molecule has 0 bridgehead atoms. The van der Waals surface area contributed by atoms with Gasteiger partial charge in [0.15, 0.2) is 0 Å². The van der Waals surface area contributed by atoms with Crippen molar-refractivity contribution in [2.75, 3.05) is 0 Å². The average molecular weight is 248 g/mol. The van der Waals surface area contributed by atoms with E-state index < -0.39 is 6.17 Å². The SMILES string of the molecule is CC(C)C(=O)C(c1ccccc1)C1CC[C@H](F)C1. The maximum absolute atomic E-state index is 13.4.